The number of alkyl halides is 1. The van der Waals surface area contributed by atoms with Crippen molar-refractivity contribution in [1.29, 1.82) is 0 Å². The van der Waals surface area contributed by atoms with E-state index in [1.54, 1.807) is 11.0 Å². The highest BCUT2D eigenvalue weighted by atomic mass is 79.9. The van der Waals surface area contributed by atoms with Crippen LogP contribution in [0.1, 0.15) is 27.5 Å². The fourth-order valence-corrected chi connectivity index (χ4v) is 5.56. The summed E-state index contributed by atoms with van der Waals surface area (Å²) in [7, 11) is 0. The molecule has 1 atom stereocenters. The van der Waals surface area contributed by atoms with Crippen LogP contribution in [-0.4, -0.2) is 34.4 Å². The van der Waals surface area contributed by atoms with Gasteiger partial charge in [-0.3, -0.25) is 4.79 Å². The smallest absolute Gasteiger partial charge is 0.274 e. The number of aromatic amines is 1. The zero-order chi connectivity index (χ0) is 20.4. The molecule has 0 bridgehead atoms. The molecule has 0 fully saturated rings. The summed E-state index contributed by atoms with van der Waals surface area (Å²) >= 11 is 3.63. The number of phenols is 1. The first-order chi connectivity index (χ1) is 14.7. The van der Waals surface area contributed by atoms with Crippen LogP contribution in [0.15, 0.2) is 48.5 Å². The summed E-state index contributed by atoms with van der Waals surface area (Å²) < 4.78 is 0. The minimum Gasteiger partial charge on any atom is -0.507 e. The maximum atomic E-state index is 13.6. The Labute approximate surface area is 181 Å². The van der Waals surface area contributed by atoms with E-state index >= 15 is 0 Å². The monoisotopic (exact) mass is 461 g/mol. The van der Waals surface area contributed by atoms with E-state index in [2.05, 4.69) is 32.3 Å². The van der Waals surface area contributed by atoms with Crippen molar-refractivity contribution in [3.8, 4) is 5.75 Å². The molecule has 2 aliphatic heterocycles. The van der Waals surface area contributed by atoms with Crippen molar-refractivity contribution in [1.82, 2.24) is 4.98 Å². The zero-order valence-corrected chi connectivity index (χ0v) is 17.8. The van der Waals surface area contributed by atoms with E-state index < -0.39 is 0 Å². The number of halogens is 1. The van der Waals surface area contributed by atoms with Gasteiger partial charge in [0.25, 0.3) is 5.91 Å². The number of rotatable bonds is 2. The lowest BCUT2D eigenvalue weighted by Crippen LogP contribution is -2.30. The number of aromatic hydroxyl groups is 1. The van der Waals surface area contributed by atoms with Crippen molar-refractivity contribution < 1.29 is 9.90 Å². The minimum atomic E-state index is -0.0645. The Balaban J connectivity index is 1.48. The number of anilines is 2. The lowest BCUT2D eigenvalue weighted by Gasteiger charge is -2.17. The largest absolute Gasteiger partial charge is 0.507 e. The van der Waals surface area contributed by atoms with E-state index in [-0.39, 0.29) is 17.6 Å². The van der Waals surface area contributed by atoms with Crippen LogP contribution >= 0.6 is 15.9 Å². The average molecular weight is 462 g/mol. The molecule has 0 saturated carbocycles. The highest BCUT2D eigenvalue weighted by Crippen LogP contribution is 2.46. The molecule has 6 rings (SSSR count). The summed E-state index contributed by atoms with van der Waals surface area (Å²) in [6.45, 7) is 1.52. The number of carbonyl (C=O) groups excluding carboxylic acids is 1. The summed E-state index contributed by atoms with van der Waals surface area (Å²) in [6, 6.07) is 15.7. The topological polar surface area (TPSA) is 68.4 Å². The van der Waals surface area contributed by atoms with E-state index in [9.17, 15) is 9.90 Å². The zero-order valence-electron chi connectivity index (χ0n) is 16.2. The first-order valence-corrected chi connectivity index (χ1v) is 11.3. The molecule has 150 valence electrons. The van der Waals surface area contributed by atoms with Crippen LogP contribution in [-0.2, 0) is 6.42 Å². The van der Waals surface area contributed by atoms with Crippen LogP contribution in [0, 0.1) is 0 Å². The number of carbonyl (C=O) groups is 1. The lowest BCUT2D eigenvalue weighted by atomic mass is 9.95. The molecule has 4 aromatic rings. The van der Waals surface area contributed by atoms with Crippen molar-refractivity contribution in [3.63, 3.8) is 0 Å². The number of amides is 1. The van der Waals surface area contributed by atoms with E-state index in [1.165, 1.54) is 5.56 Å². The van der Waals surface area contributed by atoms with Crippen LogP contribution in [0.3, 0.4) is 0 Å². The molecule has 3 heterocycles. The molecule has 3 aromatic carbocycles. The Kier molecular flexibility index (Phi) is 3.87. The second kappa shape index (κ2) is 6.51. The highest BCUT2D eigenvalue weighted by Gasteiger charge is 2.35. The second-order valence-corrected chi connectivity index (χ2v) is 8.70. The van der Waals surface area contributed by atoms with Crippen LogP contribution in [0.2, 0.25) is 0 Å². The standard InChI is InChI=1S/C24H20BrN3O2/c25-11-13-12-28(21-10-22(29)15-3-1-2-4-16(15)23(13)21)24(30)20-9-17-14-7-8-26-18(14)5-6-19(17)27-20/h1-6,9-10,13,26-27,29H,7-8,11-12H2/t13-/m1/s1. The molecule has 5 nitrogen and oxygen atoms in total. The Morgan fingerprint density at radius 3 is 2.80 bits per heavy atom. The molecule has 0 spiro atoms. The number of aromatic nitrogens is 1. The van der Waals surface area contributed by atoms with Gasteiger partial charge in [-0.25, -0.2) is 0 Å². The van der Waals surface area contributed by atoms with Crippen molar-refractivity contribution in [2.75, 3.05) is 28.6 Å². The predicted octanol–water partition coefficient (Wildman–Crippen LogP) is 5.13. The summed E-state index contributed by atoms with van der Waals surface area (Å²) in [4.78, 5) is 18.7. The van der Waals surface area contributed by atoms with Gasteiger partial charge in [0.15, 0.2) is 0 Å². The Morgan fingerprint density at radius 2 is 1.97 bits per heavy atom. The molecule has 6 heteroatoms. The van der Waals surface area contributed by atoms with Crippen LogP contribution < -0.4 is 10.2 Å². The van der Waals surface area contributed by atoms with Gasteiger partial charge in [0, 0.05) is 52.4 Å². The molecule has 3 N–H and O–H groups in total. The first kappa shape index (κ1) is 17.8. The summed E-state index contributed by atoms with van der Waals surface area (Å²) in [5.74, 6) is 0.315. The Bertz CT molecular complexity index is 1340. The molecular formula is C24H20BrN3O2. The Hall–Kier alpha value is -2.99. The third kappa shape index (κ3) is 2.43. The molecular weight excluding hydrogens is 442 g/mol. The number of nitrogens with zero attached hydrogens (tertiary/aromatic N) is 1. The molecule has 0 saturated heterocycles. The van der Waals surface area contributed by atoms with Crippen molar-refractivity contribution in [3.05, 3.63) is 65.4 Å². The van der Waals surface area contributed by atoms with Gasteiger partial charge in [-0.1, -0.05) is 40.2 Å². The first-order valence-electron chi connectivity index (χ1n) is 10.2. The summed E-state index contributed by atoms with van der Waals surface area (Å²) in [6.07, 6.45) is 0.968. The molecule has 0 radical (unpaired) electrons. The third-order valence-corrected chi connectivity index (χ3v) is 7.19. The molecule has 1 amide bonds. The number of H-pyrrole nitrogens is 1. The van der Waals surface area contributed by atoms with Gasteiger partial charge in [0.2, 0.25) is 0 Å². The number of fused-ring (bicyclic) bond motifs is 6. The van der Waals surface area contributed by atoms with Gasteiger partial charge in [-0.15, -0.1) is 0 Å². The summed E-state index contributed by atoms with van der Waals surface area (Å²) in [5, 5.41) is 17.7. The van der Waals surface area contributed by atoms with E-state index in [0.29, 0.717) is 12.2 Å². The minimum absolute atomic E-state index is 0.0645. The normalized spacial score (nSPS) is 17.4. The van der Waals surface area contributed by atoms with E-state index in [4.69, 9.17) is 0 Å². The molecule has 1 aromatic heterocycles. The predicted molar refractivity (Wildman–Crippen MR) is 124 cm³/mol. The maximum absolute atomic E-state index is 13.6. The fraction of sp³-hybridized carbons (Fsp3) is 0.208. The van der Waals surface area contributed by atoms with Gasteiger partial charge in [0.1, 0.15) is 11.4 Å². The lowest BCUT2D eigenvalue weighted by molar-refractivity contribution is 0.0984. The van der Waals surface area contributed by atoms with Crippen LogP contribution in [0.4, 0.5) is 11.4 Å². The van der Waals surface area contributed by atoms with E-state index in [1.807, 2.05) is 36.4 Å². The maximum Gasteiger partial charge on any atom is 0.274 e. The number of nitrogens with one attached hydrogen (secondary N) is 2. The average Bonchev–Trinajstić information content (AvgIpc) is 3.48. The van der Waals surface area contributed by atoms with Crippen LogP contribution in [0.25, 0.3) is 21.7 Å². The van der Waals surface area contributed by atoms with E-state index in [0.717, 1.165) is 56.9 Å². The van der Waals surface area contributed by atoms with Crippen molar-refractivity contribution >= 4 is 54.9 Å². The van der Waals surface area contributed by atoms with Gasteiger partial charge in [0.05, 0.1) is 5.69 Å². The number of benzene rings is 3. The quantitative estimate of drug-likeness (QED) is 0.362. The third-order valence-electron chi connectivity index (χ3n) is 6.41. The SMILES string of the molecule is O=C(c1cc2c3c(ccc2[nH]1)NCC3)N1C[C@@H](CBr)c2c1cc(O)c1ccccc21. The van der Waals surface area contributed by atoms with Gasteiger partial charge < -0.3 is 20.3 Å². The number of phenolic OH excluding ortho intramolecular Hbond substituents is 1. The van der Waals surface area contributed by atoms with Crippen LogP contribution in [0.5, 0.6) is 5.75 Å². The van der Waals surface area contributed by atoms with Crippen molar-refractivity contribution in [2.45, 2.75) is 12.3 Å². The molecule has 2 aliphatic rings. The van der Waals surface area contributed by atoms with Gasteiger partial charge in [-0.2, -0.15) is 0 Å². The number of hydrogen-bond donors (Lipinski definition) is 3. The summed E-state index contributed by atoms with van der Waals surface area (Å²) in [5.41, 5.74) is 5.91. The highest BCUT2D eigenvalue weighted by molar-refractivity contribution is 9.09. The molecule has 0 aliphatic carbocycles. The van der Waals surface area contributed by atoms with Gasteiger partial charge in [-0.05, 0) is 41.1 Å². The molecule has 0 unspecified atom stereocenters. The molecule has 30 heavy (non-hydrogen) atoms. The Morgan fingerprint density at radius 1 is 1.13 bits per heavy atom. The van der Waals surface area contributed by atoms with Gasteiger partial charge >= 0.3 is 0 Å². The second-order valence-electron chi connectivity index (χ2n) is 8.05. The fourth-order valence-electron chi connectivity index (χ4n) is 5.03. The van der Waals surface area contributed by atoms with Crippen molar-refractivity contribution in [2.24, 2.45) is 0 Å². The number of hydrogen-bond acceptors (Lipinski definition) is 3.